The van der Waals surface area contributed by atoms with Crippen molar-refractivity contribution in [3.8, 4) is 11.1 Å². The number of nitrogens with two attached hydrogens (primary N) is 1. The number of aliphatic hydroxyl groups is 1. The minimum atomic E-state index is -1.47. The molecule has 0 aromatic heterocycles. The number of benzene rings is 2. The topological polar surface area (TPSA) is 119 Å². The Morgan fingerprint density at radius 2 is 1.85 bits per heavy atom. The van der Waals surface area contributed by atoms with E-state index in [9.17, 15) is 14.7 Å². The third-order valence-electron chi connectivity index (χ3n) is 8.70. The number of nitrogens with one attached hydrogen (secondary N) is 1. The number of hydrogen-bond acceptors (Lipinski definition) is 4. The van der Waals surface area contributed by atoms with Crippen LogP contribution >= 0.6 is 0 Å². The van der Waals surface area contributed by atoms with Gasteiger partial charge in [-0.25, -0.2) is 14.0 Å². The minimum Gasteiger partial charge on any atom is -0.465 e. The summed E-state index contributed by atoms with van der Waals surface area (Å²) in [6.45, 7) is 5.15. The summed E-state index contributed by atoms with van der Waals surface area (Å²) in [7, 11) is 0. The first-order valence-electron chi connectivity index (χ1n) is 14.6. The van der Waals surface area contributed by atoms with E-state index in [1.165, 1.54) is 6.07 Å². The summed E-state index contributed by atoms with van der Waals surface area (Å²) in [6, 6.07) is 12.5. The second kappa shape index (κ2) is 13.5. The van der Waals surface area contributed by atoms with E-state index in [1.54, 1.807) is 12.1 Å². The van der Waals surface area contributed by atoms with Gasteiger partial charge in [-0.3, -0.25) is 0 Å². The number of carboxylic acid groups (broad SMARTS) is 1. The van der Waals surface area contributed by atoms with Gasteiger partial charge in [0.15, 0.2) is 0 Å². The SMILES string of the molecule is CCc1cccc(-c2c(F)cccc2[C@@](O)(CCCNC(=O)O)[C@@H]2CCCN(C(=O)N3CCC(CN)CC3)C2)c1. The van der Waals surface area contributed by atoms with Crippen molar-refractivity contribution in [1.29, 1.82) is 0 Å². The number of carbonyl (C=O) groups excluding carboxylic acids is 1. The molecule has 0 unspecified atom stereocenters. The standard InChI is InChI=1S/C31H43FN4O4/c1-2-22-7-3-8-24(19-22)28-26(10-4-11-27(28)32)31(40,14-6-15-34-29(37)38)25-9-5-16-36(21-25)30(39)35-17-12-23(20-33)13-18-35/h3-4,7-8,10-11,19,23,25,34,40H,2,5-6,9,12-18,20-21,33H2,1H3,(H,37,38)/t25-,31-/m1/s1. The summed E-state index contributed by atoms with van der Waals surface area (Å²) in [5.41, 5.74) is 6.97. The van der Waals surface area contributed by atoms with E-state index in [-0.39, 0.29) is 24.9 Å². The van der Waals surface area contributed by atoms with E-state index in [0.29, 0.717) is 68.2 Å². The van der Waals surface area contributed by atoms with Gasteiger partial charge in [0, 0.05) is 44.2 Å². The maximum Gasteiger partial charge on any atom is 0.404 e. The fourth-order valence-electron chi connectivity index (χ4n) is 6.34. The van der Waals surface area contributed by atoms with Crippen molar-refractivity contribution in [1.82, 2.24) is 15.1 Å². The summed E-state index contributed by atoms with van der Waals surface area (Å²) in [5, 5.41) is 24.0. The Kier molecular flexibility index (Phi) is 10.0. The Hall–Kier alpha value is -3.17. The van der Waals surface area contributed by atoms with E-state index in [4.69, 9.17) is 10.8 Å². The zero-order chi connectivity index (χ0) is 28.7. The predicted octanol–water partition coefficient (Wildman–Crippen LogP) is 4.79. The average molecular weight is 555 g/mol. The Morgan fingerprint density at radius 1 is 1.10 bits per heavy atom. The monoisotopic (exact) mass is 554 g/mol. The lowest BCUT2D eigenvalue weighted by atomic mass is 9.72. The smallest absolute Gasteiger partial charge is 0.404 e. The molecule has 9 heteroatoms. The fraction of sp³-hybridized carbons (Fsp3) is 0.548. The van der Waals surface area contributed by atoms with Crippen LogP contribution in [0.3, 0.4) is 0 Å². The van der Waals surface area contributed by atoms with Gasteiger partial charge < -0.3 is 31.1 Å². The van der Waals surface area contributed by atoms with Gasteiger partial charge in [-0.2, -0.15) is 0 Å². The van der Waals surface area contributed by atoms with E-state index < -0.39 is 17.5 Å². The largest absolute Gasteiger partial charge is 0.465 e. The van der Waals surface area contributed by atoms with Gasteiger partial charge in [0.2, 0.25) is 0 Å². The van der Waals surface area contributed by atoms with Crippen LogP contribution in [0.5, 0.6) is 0 Å². The highest BCUT2D eigenvalue weighted by Gasteiger charge is 2.43. The summed E-state index contributed by atoms with van der Waals surface area (Å²) in [5.74, 6) is -0.314. The molecule has 0 radical (unpaired) electrons. The highest BCUT2D eigenvalue weighted by atomic mass is 19.1. The van der Waals surface area contributed by atoms with Gasteiger partial charge in [0.1, 0.15) is 5.82 Å². The number of amides is 3. The molecule has 0 spiro atoms. The molecule has 3 amide bonds. The molecule has 218 valence electrons. The predicted molar refractivity (Wildman–Crippen MR) is 153 cm³/mol. The van der Waals surface area contributed by atoms with Crippen LogP contribution in [0.1, 0.15) is 56.6 Å². The van der Waals surface area contributed by atoms with E-state index >= 15 is 4.39 Å². The molecule has 2 heterocycles. The van der Waals surface area contributed by atoms with Crippen molar-refractivity contribution in [2.75, 3.05) is 39.3 Å². The van der Waals surface area contributed by atoms with Crippen LogP contribution in [-0.2, 0) is 12.0 Å². The Bertz CT molecular complexity index is 1170. The molecule has 2 saturated heterocycles. The summed E-state index contributed by atoms with van der Waals surface area (Å²) < 4.78 is 15.6. The normalized spacial score (nSPS) is 19.8. The first-order chi connectivity index (χ1) is 19.3. The Labute approximate surface area is 236 Å². The zero-order valence-electron chi connectivity index (χ0n) is 23.4. The quantitative estimate of drug-likeness (QED) is 0.332. The number of likely N-dealkylation sites (tertiary alicyclic amines) is 2. The van der Waals surface area contributed by atoms with Crippen LogP contribution in [0.25, 0.3) is 11.1 Å². The highest BCUT2D eigenvalue weighted by Crippen LogP contribution is 2.44. The minimum absolute atomic E-state index is 0.0230. The molecule has 2 fully saturated rings. The molecular weight excluding hydrogens is 511 g/mol. The number of hydrogen-bond donors (Lipinski definition) is 4. The third kappa shape index (κ3) is 6.75. The van der Waals surface area contributed by atoms with Crippen LogP contribution < -0.4 is 11.1 Å². The number of urea groups is 1. The molecular formula is C31H43FN4O4. The Balaban J connectivity index is 1.66. The first kappa shape index (κ1) is 29.8. The van der Waals surface area contributed by atoms with Gasteiger partial charge >= 0.3 is 12.1 Å². The number of carbonyl (C=O) groups is 2. The molecule has 8 nitrogen and oxygen atoms in total. The molecule has 2 aliphatic heterocycles. The van der Waals surface area contributed by atoms with Crippen molar-refractivity contribution in [3.63, 3.8) is 0 Å². The zero-order valence-corrected chi connectivity index (χ0v) is 23.4. The van der Waals surface area contributed by atoms with Crippen LogP contribution in [0.4, 0.5) is 14.0 Å². The Morgan fingerprint density at radius 3 is 2.55 bits per heavy atom. The lowest BCUT2D eigenvalue weighted by Gasteiger charge is -2.45. The first-order valence-corrected chi connectivity index (χ1v) is 14.6. The molecule has 2 aliphatic rings. The lowest BCUT2D eigenvalue weighted by molar-refractivity contribution is -0.0566. The van der Waals surface area contributed by atoms with Crippen LogP contribution in [0.15, 0.2) is 42.5 Å². The maximum atomic E-state index is 15.6. The van der Waals surface area contributed by atoms with Crippen molar-refractivity contribution >= 4 is 12.1 Å². The number of halogens is 1. The van der Waals surface area contributed by atoms with E-state index in [2.05, 4.69) is 5.32 Å². The van der Waals surface area contributed by atoms with Gasteiger partial charge in [0.05, 0.1) is 5.60 Å². The molecule has 2 aromatic carbocycles. The maximum absolute atomic E-state index is 15.6. The van der Waals surface area contributed by atoms with Crippen molar-refractivity contribution in [2.45, 2.75) is 57.5 Å². The summed E-state index contributed by atoms with van der Waals surface area (Å²) in [4.78, 5) is 28.3. The second-order valence-corrected chi connectivity index (χ2v) is 11.2. The lowest BCUT2D eigenvalue weighted by Crippen LogP contribution is -2.53. The molecule has 0 saturated carbocycles. The fourth-order valence-corrected chi connectivity index (χ4v) is 6.34. The van der Waals surface area contributed by atoms with Crippen LogP contribution in [0.2, 0.25) is 0 Å². The van der Waals surface area contributed by atoms with E-state index in [0.717, 1.165) is 31.2 Å². The summed E-state index contributed by atoms with van der Waals surface area (Å²) in [6.07, 6.45) is 3.45. The molecule has 4 rings (SSSR count). The van der Waals surface area contributed by atoms with Gasteiger partial charge in [-0.1, -0.05) is 43.3 Å². The molecule has 0 aliphatic carbocycles. The van der Waals surface area contributed by atoms with Gasteiger partial charge in [-0.05, 0) is 80.2 Å². The molecule has 2 aromatic rings. The van der Waals surface area contributed by atoms with Crippen molar-refractivity contribution in [2.24, 2.45) is 17.6 Å². The second-order valence-electron chi connectivity index (χ2n) is 11.2. The van der Waals surface area contributed by atoms with Crippen molar-refractivity contribution < 1.29 is 24.2 Å². The molecule has 5 N–H and O–H groups in total. The van der Waals surface area contributed by atoms with Crippen molar-refractivity contribution in [3.05, 3.63) is 59.4 Å². The highest BCUT2D eigenvalue weighted by molar-refractivity contribution is 5.75. The third-order valence-corrected chi connectivity index (χ3v) is 8.70. The van der Waals surface area contributed by atoms with E-state index in [1.807, 2.05) is 41.0 Å². The molecule has 0 bridgehead atoms. The number of piperidine rings is 2. The molecule has 2 atom stereocenters. The molecule has 40 heavy (non-hydrogen) atoms. The number of nitrogens with zero attached hydrogens (tertiary/aromatic N) is 2. The summed E-state index contributed by atoms with van der Waals surface area (Å²) >= 11 is 0. The number of aryl methyl sites for hydroxylation is 1. The van der Waals surface area contributed by atoms with Gasteiger partial charge in [0.25, 0.3) is 0 Å². The van der Waals surface area contributed by atoms with Crippen LogP contribution in [-0.4, -0.2) is 71.4 Å². The number of rotatable bonds is 9. The van der Waals surface area contributed by atoms with Gasteiger partial charge in [-0.15, -0.1) is 0 Å². The average Bonchev–Trinajstić information content (AvgIpc) is 2.98. The van der Waals surface area contributed by atoms with Crippen LogP contribution in [0, 0.1) is 17.7 Å².